The molecule has 2 saturated carbocycles. The molecule has 27 heavy (non-hydrogen) atoms. The van der Waals surface area contributed by atoms with Gasteiger partial charge in [0.1, 0.15) is 12.3 Å². The molecule has 1 spiro atoms. The molecule has 2 unspecified atom stereocenters. The fourth-order valence-electron chi connectivity index (χ4n) is 4.50. The third kappa shape index (κ3) is 4.29. The smallest absolute Gasteiger partial charge is 0.284 e. The zero-order valence-corrected chi connectivity index (χ0v) is 16.4. The monoisotopic (exact) mass is 376 g/mol. The van der Waals surface area contributed by atoms with E-state index in [0.717, 1.165) is 25.5 Å². The van der Waals surface area contributed by atoms with Crippen LogP contribution in [0.3, 0.4) is 0 Å². The van der Waals surface area contributed by atoms with Crippen molar-refractivity contribution in [3.05, 3.63) is 23.7 Å². The van der Waals surface area contributed by atoms with Crippen molar-refractivity contribution in [3.63, 3.8) is 0 Å². The second kappa shape index (κ2) is 8.78. The van der Waals surface area contributed by atoms with Gasteiger partial charge in [0.05, 0.1) is 6.10 Å². The number of furan rings is 1. The second-order valence-electron chi connectivity index (χ2n) is 7.50. The summed E-state index contributed by atoms with van der Waals surface area (Å²) in [5.41, 5.74) is 5.46. The lowest BCUT2D eigenvalue weighted by atomic mass is 9.55. The van der Waals surface area contributed by atoms with Crippen molar-refractivity contribution < 1.29 is 13.9 Å². The molecule has 2 aliphatic rings. The van der Waals surface area contributed by atoms with Crippen LogP contribution in [-0.4, -0.2) is 37.2 Å². The highest BCUT2D eigenvalue weighted by Gasteiger charge is 2.55. The maximum atomic E-state index is 11.2. The first kappa shape index (κ1) is 19.7. The normalized spacial score (nSPS) is 24.4. The van der Waals surface area contributed by atoms with Crippen molar-refractivity contribution in [1.82, 2.24) is 10.6 Å². The predicted molar refractivity (Wildman–Crippen MR) is 105 cm³/mol. The van der Waals surface area contributed by atoms with Crippen molar-refractivity contribution in [3.8, 4) is 0 Å². The molecule has 7 heteroatoms. The first-order chi connectivity index (χ1) is 13.1. The second-order valence-corrected chi connectivity index (χ2v) is 7.50. The van der Waals surface area contributed by atoms with Gasteiger partial charge in [0.25, 0.3) is 5.91 Å². The third-order valence-corrected chi connectivity index (χ3v) is 5.89. The summed E-state index contributed by atoms with van der Waals surface area (Å²) in [6.45, 7) is 6.04. The van der Waals surface area contributed by atoms with Crippen molar-refractivity contribution in [1.29, 1.82) is 0 Å². The van der Waals surface area contributed by atoms with Gasteiger partial charge in [-0.25, -0.2) is 4.99 Å². The molecule has 1 aromatic heterocycles. The number of ether oxygens (including phenoxy) is 1. The number of amides is 1. The molecule has 2 fully saturated rings. The zero-order valence-electron chi connectivity index (χ0n) is 16.4. The van der Waals surface area contributed by atoms with Crippen LogP contribution in [0.2, 0.25) is 0 Å². The Morgan fingerprint density at radius 3 is 2.74 bits per heavy atom. The Hall–Kier alpha value is -2.02. The molecule has 2 atom stereocenters. The van der Waals surface area contributed by atoms with E-state index in [1.165, 1.54) is 32.1 Å². The van der Waals surface area contributed by atoms with Gasteiger partial charge >= 0.3 is 0 Å². The van der Waals surface area contributed by atoms with Crippen LogP contribution in [0.15, 0.2) is 21.5 Å². The molecule has 2 aliphatic carbocycles. The minimum absolute atomic E-state index is 0.165. The number of nitrogens with zero attached hydrogens (tertiary/aromatic N) is 1. The lowest BCUT2D eigenvalue weighted by molar-refractivity contribution is -0.145. The molecular formula is C20H32N4O3. The van der Waals surface area contributed by atoms with Crippen molar-refractivity contribution in [2.75, 3.05) is 13.2 Å². The highest BCUT2D eigenvalue weighted by molar-refractivity contribution is 5.89. The van der Waals surface area contributed by atoms with Gasteiger partial charge in [-0.2, -0.15) is 0 Å². The highest BCUT2D eigenvalue weighted by Crippen LogP contribution is 2.53. The van der Waals surface area contributed by atoms with Crippen LogP contribution >= 0.6 is 0 Å². The molecule has 1 amide bonds. The molecule has 0 bridgehead atoms. The number of primary amides is 1. The standard InChI is InChI=1S/C20H32N4O3/c1-3-22-19(23-13-14-8-9-15(27-14)18(21)25)24-16-12-17(26-4-2)20(16)10-6-5-7-11-20/h8-9,16-17H,3-7,10-13H2,1-2H3,(H2,21,25)(H2,22,23,24). The minimum atomic E-state index is -0.564. The van der Waals surface area contributed by atoms with E-state index in [4.69, 9.17) is 14.9 Å². The van der Waals surface area contributed by atoms with Gasteiger partial charge in [-0.05, 0) is 45.2 Å². The van der Waals surface area contributed by atoms with Crippen LogP contribution < -0.4 is 16.4 Å². The van der Waals surface area contributed by atoms with E-state index < -0.39 is 5.91 Å². The van der Waals surface area contributed by atoms with Gasteiger partial charge in [-0.15, -0.1) is 0 Å². The summed E-state index contributed by atoms with van der Waals surface area (Å²) in [4.78, 5) is 15.8. The van der Waals surface area contributed by atoms with E-state index in [1.54, 1.807) is 12.1 Å². The average molecular weight is 377 g/mol. The lowest BCUT2D eigenvalue weighted by Crippen LogP contribution is -2.66. The molecule has 4 N–H and O–H groups in total. The number of rotatable bonds is 7. The molecule has 0 saturated heterocycles. The van der Waals surface area contributed by atoms with Crippen LogP contribution in [0.25, 0.3) is 0 Å². The average Bonchev–Trinajstić information content (AvgIpc) is 3.15. The van der Waals surface area contributed by atoms with Crippen LogP contribution in [0.4, 0.5) is 0 Å². The highest BCUT2D eigenvalue weighted by atomic mass is 16.5. The largest absolute Gasteiger partial charge is 0.454 e. The molecular weight excluding hydrogens is 344 g/mol. The van der Waals surface area contributed by atoms with Crippen molar-refractivity contribution in [2.45, 2.75) is 71.1 Å². The fourth-order valence-corrected chi connectivity index (χ4v) is 4.50. The molecule has 0 aliphatic heterocycles. The summed E-state index contributed by atoms with van der Waals surface area (Å²) in [7, 11) is 0. The first-order valence-corrected chi connectivity index (χ1v) is 10.1. The number of hydrogen-bond acceptors (Lipinski definition) is 4. The van der Waals surface area contributed by atoms with E-state index in [2.05, 4.69) is 29.5 Å². The van der Waals surface area contributed by atoms with Crippen LogP contribution in [0, 0.1) is 5.41 Å². The van der Waals surface area contributed by atoms with Gasteiger partial charge in [-0.3, -0.25) is 4.79 Å². The number of carbonyl (C=O) groups is 1. The molecule has 0 aromatic carbocycles. The fraction of sp³-hybridized carbons (Fsp3) is 0.700. The zero-order chi connectivity index (χ0) is 19.3. The number of nitrogens with two attached hydrogens (primary N) is 1. The number of nitrogens with one attached hydrogen (secondary N) is 2. The molecule has 3 rings (SSSR count). The Labute approximate surface area is 161 Å². The van der Waals surface area contributed by atoms with Gasteiger partial charge < -0.3 is 25.5 Å². The van der Waals surface area contributed by atoms with Crippen LogP contribution in [0.1, 0.15) is 68.7 Å². The molecule has 7 nitrogen and oxygen atoms in total. The summed E-state index contributed by atoms with van der Waals surface area (Å²) in [5.74, 6) is 0.998. The topological polar surface area (TPSA) is 102 Å². The summed E-state index contributed by atoms with van der Waals surface area (Å²) in [6, 6.07) is 3.71. The summed E-state index contributed by atoms with van der Waals surface area (Å²) < 4.78 is 11.5. The quantitative estimate of drug-likeness (QED) is 0.501. The summed E-state index contributed by atoms with van der Waals surface area (Å²) in [5, 5.41) is 6.94. The van der Waals surface area contributed by atoms with Gasteiger partial charge in [0.2, 0.25) is 0 Å². The van der Waals surface area contributed by atoms with Crippen molar-refractivity contribution >= 4 is 11.9 Å². The van der Waals surface area contributed by atoms with Gasteiger partial charge in [-0.1, -0.05) is 19.3 Å². The van der Waals surface area contributed by atoms with E-state index in [9.17, 15) is 4.79 Å². The molecule has 0 radical (unpaired) electrons. The van der Waals surface area contributed by atoms with Gasteiger partial charge in [0.15, 0.2) is 11.7 Å². The first-order valence-electron chi connectivity index (χ1n) is 10.1. The Kier molecular flexibility index (Phi) is 6.42. The van der Waals surface area contributed by atoms with E-state index in [1.807, 2.05) is 0 Å². The minimum Gasteiger partial charge on any atom is -0.454 e. The van der Waals surface area contributed by atoms with E-state index >= 15 is 0 Å². The summed E-state index contributed by atoms with van der Waals surface area (Å²) >= 11 is 0. The van der Waals surface area contributed by atoms with E-state index in [-0.39, 0.29) is 11.2 Å². The molecule has 1 heterocycles. The third-order valence-electron chi connectivity index (χ3n) is 5.89. The Bertz CT molecular complexity index is 664. The Morgan fingerprint density at radius 2 is 2.11 bits per heavy atom. The number of guanidine groups is 1. The maximum absolute atomic E-state index is 11.2. The van der Waals surface area contributed by atoms with Crippen molar-refractivity contribution in [2.24, 2.45) is 16.1 Å². The Morgan fingerprint density at radius 1 is 1.33 bits per heavy atom. The molecule has 150 valence electrons. The number of aliphatic imine (C=N–C) groups is 1. The van der Waals surface area contributed by atoms with Crippen LogP contribution in [0.5, 0.6) is 0 Å². The predicted octanol–water partition coefficient (Wildman–Crippen LogP) is 2.56. The Balaban J connectivity index is 1.66. The van der Waals surface area contributed by atoms with Crippen LogP contribution in [-0.2, 0) is 11.3 Å². The number of hydrogen-bond donors (Lipinski definition) is 3. The van der Waals surface area contributed by atoms with E-state index in [0.29, 0.717) is 24.5 Å². The lowest BCUT2D eigenvalue weighted by Gasteiger charge is -2.57. The number of carbonyl (C=O) groups excluding carboxylic acids is 1. The summed E-state index contributed by atoms with van der Waals surface area (Å²) in [6.07, 6.45) is 7.68. The molecule has 1 aromatic rings. The SMILES string of the molecule is CCNC(=NCc1ccc(C(N)=O)o1)NC1CC(OCC)C12CCCCC2. The maximum Gasteiger partial charge on any atom is 0.284 e. The van der Waals surface area contributed by atoms with Gasteiger partial charge in [0, 0.05) is 24.6 Å².